The maximum absolute atomic E-state index is 6.67. The van der Waals surface area contributed by atoms with Crippen molar-refractivity contribution in [2.45, 2.75) is 0 Å². The zero-order valence-corrected chi connectivity index (χ0v) is 36.3. The third kappa shape index (κ3) is 6.65. The van der Waals surface area contributed by atoms with Crippen molar-refractivity contribution in [3.8, 4) is 78.5 Å². The largest absolute Gasteiger partial charge is 0.456 e. The van der Waals surface area contributed by atoms with Crippen LogP contribution in [0.4, 0.5) is 0 Å². The summed E-state index contributed by atoms with van der Waals surface area (Å²) in [5.74, 6) is 0.689. The molecule has 0 aliphatic rings. The Hall–Kier alpha value is -8.99. The van der Waals surface area contributed by atoms with Crippen molar-refractivity contribution in [1.82, 2.24) is 15.0 Å². The topological polar surface area (TPSA) is 51.8 Å². The van der Waals surface area contributed by atoms with Gasteiger partial charge in [0.2, 0.25) is 0 Å². The van der Waals surface area contributed by atoms with E-state index in [1.54, 1.807) is 0 Å². The summed E-state index contributed by atoms with van der Waals surface area (Å²) >= 11 is 0. The van der Waals surface area contributed by atoms with Crippen molar-refractivity contribution in [3.63, 3.8) is 0 Å². The molecule has 0 amide bonds. The number of rotatable bonds is 7. The Bertz CT molecular complexity index is 4010. The summed E-state index contributed by atoms with van der Waals surface area (Å²) in [4.78, 5) is 15.7. The maximum atomic E-state index is 6.67. The van der Waals surface area contributed by atoms with Gasteiger partial charge in [0.15, 0.2) is 5.82 Å². The van der Waals surface area contributed by atoms with Crippen molar-refractivity contribution in [2.24, 2.45) is 0 Å². The van der Waals surface area contributed by atoms with E-state index in [2.05, 4.69) is 206 Å². The molecule has 0 spiro atoms. The molecule has 0 N–H and O–H groups in total. The van der Waals surface area contributed by atoms with Gasteiger partial charge < -0.3 is 4.42 Å². The van der Waals surface area contributed by atoms with Gasteiger partial charge in [-0.15, -0.1) is 0 Å². The van der Waals surface area contributed by atoms with Crippen LogP contribution < -0.4 is 0 Å². The maximum Gasteiger partial charge on any atom is 0.160 e. The fourth-order valence-electron chi connectivity index (χ4n) is 9.95. The molecule has 0 unspecified atom stereocenters. The van der Waals surface area contributed by atoms with Gasteiger partial charge in [0.1, 0.15) is 11.2 Å². The molecule has 0 bridgehead atoms. The third-order valence-corrected chi connectivity index (χ3v) is 13.1. The zero-order valence-electron chi connectivity index (χ0n) is 36.3. The lowest BCUT2D eigenvalue weighted by Gasteiger charge is -2.16. The number of nitrogens with zero attached hydrogens (tertiary/aromatic N) is 3. The van der Waals surface area contributed by atoms with E-state index in [1.165, 1.54) is 5.56 Å². The molecule has 67 heavy (non-hydrogen) atoms. The highest BCUT2D eigenvalue weighted by Gasteiger charge is 2.22. The normalized spacial score (nSPS) is 11.6. The zero-order chi connectivity index (χ0) is 44.3. The lowest BCUT2D eigenvalue weighted by atomic mass is 9.88. The summed E-state index contributed by atoms with van der Waals surface area (Å²) in [6.45, 7) is 0. The molecule has 0 fully saturated rings. The van der Waals surface area contributed by atoms with E-state index in [0.717, 1.165) is 122 Å². The smallest absolute Gasteiger partial charge is 0.160 e. The highest BCUT2D eigenvalue weighted by Crippen LogP contribution is 2.47. The van der Waals surface area contributed by atoms with Gasteiger partial charge in [-0.1, -0.05) is 206 Å². The van der Waals surface area contributed by atoms with Gasteiger partial charge in [0.25, 0.3) is 0 Å². The van der Waals surface area contributed by atoms with Gasteiger partial charge in [0, 0.05) is 54.7 Å². The van der Waals surface area contributed by atoms with E-state index in [0.29, 0.717) is 5.82 Å². The molecule has 4 nitrogen and oxygen atoms in total. The first-order valence-corrected chi connectivity index (χ1v) is 22.7. The van der Waals surface area contributed by atoms with Crippen LogP contribution in [0.15, 0.2) is 241 Å². The van der Waals surface area contributed by atoms with Crippen LogP contribution in [0, 0.1) is 0 Å². The highest BCUT2D eigenvalue weighted by molar-refractivity contribution is 6.27. The van der Waals surface area contributed by atoms with Crippen LogP contribution in [0.3, 0.4) is 0 Å². The standard InChI is InChI=1S/C63H39N3O/c1-4-17-40(18-5-1)45-23-16-24-46(37-45)55-39-56(66-63(65-55)44-21-8-3-9-22-44)50-36-35-47(48-25-10-11-26-49(48)50)41-31-33-42(34-32-41)59-60-51-27-12-14-29-54(51)64-62(43-19-6-2-7-20-43)53(60)38-58-61(59)52-28-13-15-30-57(52)67-58/h1-39H. The van der Waals surface area contributed by atoms with Gasteiger partial charge in [-0.05, 0) is 68.9 Å². The molecule has 0 radical (unpaired) electrons. The summed E-state index contributed by atoms with van der Waals surface area (Å²) in [6.07, 6.45) is 0. The van der Waals surface area contributed by atoms with Crippen LogP contribution in [0.1, 0.15) is 0 Å². The fraction of sp³-hybridized carbons (Fsp3) is 0. The quantitative estimate of drug-likeness (QED) is 0.150. The second-order valence-electron chi connectivity index (χ2n) is 17.0. The second kappa shape index (κ2) is 15.9. The predicted octanol–water partition coefficient (Wildman–Crippen LogP) is 16.9. The molecule has 0 aliphatic carbocycles. The van der Waals surface area contributed by atoms with E-state index in [1.807, 2.05) is 30.3 Å². The predicted molar refractivity (Wildman–Crippen MR) is 278 cm³/mol. The molecule has 3 heterocycles. The molecule has 0 atom stereocenters. The first-order chi connectivity index (χ1) is 33.2. The van der Waals surface area contributed by atoms with Crippen LogP contribution in [0.25, 0.3) is 133 Å². The molecular weight excluding hydrogens is 815 g/mol. The second-order valence-corrected chi connectivity index (χ2v) is 17.0. The molecule has 0 saturated carbocycles. The molecule has 4 heteroatoms. The molecule has 0 aliphatic heterocycles. The average Bonchev–Trinajstić information content (AvgIpc) is 3.78. The third-order valence-electron chi connectivity index (χ3n) is 13.1. The summed E-state index contributed by atoms with van der Waals surface area (Å²) in [7, 11) is 0. The van der Waals surface area contributed by atoms with Crippen molar-refractivity contribution in [1.29, 1.82) is 0 Å². The summed E-state index contributed by atoms with van der Waals surface area (Å²) in [6, 6.07) is 83.3. The highest BCUT2D eigenvalue weighted by atomic mass is 16.3. The van der Waals surface area contributed by atoms with Gasteiger partial charge in [0.05, 0.1) is 22.6 Å². The van der Waals surface area contributed by atoms with Gasteiger partial charge >= 0.3 is 0 Å². The lowest BCUT2D eigenvalue weighted by molar-refractivity contribution is 0.669. The van der Waals surface area contributed by atoms with Crippen molar-refractivity contribution < 1.29 is 4.42 Å². The van der Waals surface area contributed by atoms with Crippen LogP contribution >= 0.6 is 0 Å². The van der Waals surface area contributed by atoms with E-state index in [-0.39, 0.29) is 0 Å². The van der Waals surface area contributed by atoms with E-state index in [4.69, 9.17) is 19.4 Å². The first-order valence-electron chi connectivity index (χ1n) is 22.7. The average molecular weight is 854 g/mol. The van der Waals surface area contributed by atoms with Gasteiger partial charge in [-0.2, -0.15) is 0 Å². The van der Waals surface area contributed by atoms with E-state index >= 15 is 0 Å². The number of benzene rings is 10. The van der Waals surface area contributed by atoms with Crippen molar-refractivity contribution in [2.75, 3.05) is 0 Å². The van der Waals surface area contributed by atoms with Gasteiger partial charge in [-0.3, -0.25) is 0 Å². The number of aromatic nitrogens is 3. The number of para-hydroxylation sites is 2. The lowest BCUT2D eigenvalue weighted by Crippen LogP contribution is -1.97. The number of pyridine rings is 1. The minimum atomic E-state index is 0.689. The molecule has 3 aromatic heterocycles. The number of furan rings is 1. The van der Waals surface area contributed by atoms with Crippen LogP contribution in [-0.4, -0.2) is 15.0 Å². The molecule has 13 rings (SSSR count). The Kier molecular flexibility index (Phi) is 9.14. The Morgan fingerprint density at radius 3 is 1.61 bits per heavy atom. The number of fused-ring (bicyclic) bond motifs is 7. The minimum Gasteiger partial charge on any atom is -0.456 e. The Balaban J connectivity index is 0.974. The van der Waals surface area contributed by atoms with Crippen LogP contribution in [-0.2, 0) is 0 Å². The fourth-order valence-corrected chi connectivity index (χ4v) is 9.95. The molecule has 13 aromatic rings. The van der Waals surface area contributed by atoms with Crippen molar-refractivity contribution >= 4 is 54.4 Å². The minimum absolute atomic E-state index is 0.689. The van der Waals surface area contributed by atoms with E-state index in [9.17, 15) is 0 Å². The summed E-state index contributed by atoms with van der Waals surface area (Å²) < 4.78 is 6.67. The van der Waals surface area contributed by atoms with Gasteiger partial charge in [-0.25, -0.2) is 15.0 Å². The van der Waals surface area contributed by atoms with E-state index < -0.39 is 0 Å². The van der Waals surface area contributed by atoms with Crippen LogP contribution in [0.5, 0.6) is 0 Å². The monoisotopic (exact) mass is 853 g/mol. The SMILES string of the molecule is c1ccc(-c2cccc(-c3cc(-c4ccc(-c5ccc(-c6c7c(cc8c(-c9ccccc9)nc9ccccc9c68)oc6ccccc67)cc5)c5ccccc45)nc(-c4ccccc4)n3)c2)cc1. The molecular formula is C63H39N3O. The molecule has 312 valence electrons. The Morgan fingerprint density at radius 2 is 0.851 bits per heavy atom. The van der Waals surface area contributed by atoms with Crippen molar-refractivity contribution in [3.05, 3.63) is 237 Å². The first kappa shape index (κ1) is 38.5. The number of hydrogen-bond acceptors (Lipinski definition) is 4. The Morgan fingerprint density at radius 1 is 0.284 bits per heavy atom. The molecule has 10 aromatic carbocycles. The summed E-state index contributed by atoms with van der Waals surface area (Å²) in [5.41, 5.74) is 16.3. The van der Waals surface area contributed by atoms with Crippen LogP contribution in [0.2, 0.25) is 0 Å². The Labute approximate surface area is 387 Å². The number of hydrogen-bond donors (Lipinski definition) is 0. The molecule has 0 saturated heterocycles. The summed E-state index contributed by atoms with van der Waals surface area (Å²) in [5, 5.41) is 7.80.